The van der Waals surface area contributed by atoms with Crippen molar-refractivity contribution in [2.75, 3.05) is 12.4 Å². The zero-order chi connectivity index (χ0) is 12.4. The largest absolute Gasteiger partial charge is 0.390 e. The Labute approximate surface area is 92.6 Å². The molecule has 90 valence electrons. The first-order valence-corrected chi connectivity index (χ1v) is 6.31. The number of rotatable bonds is 4. The van der Waals surface area contributed by atoms with E-state index in [1.165, 1.54) is 19.1 Å². The van der Waals surface area contributed by atoms with Gasteiger partial charge in [0.1, 0.15) is 6.61 Å². The molecule has 0 unspecified atom stereocenters. The van der Waals surface area contributed by atoms with Crippen molar-refractivity contribution in [1.82, 2.24) is 0 Å². The van der Waals surface area contributed by atoms with E-state index in [9.17, 15) is 17.2 Å². The SMILES string of the molecule is CCS(=O)(=O)c1ccccc1C(F)(F)CO. The lowest BCUT2D eigenvalue weighted by molar-refractivity contribution is -0.0579. The number of alkyl halides is 2. The Morgan fingerprint density at radius 1 is 1.31 bits per heavy atom. The smallest absolute Gasteiger partial charge is 0.297 e. The van der Waals surface area contributed by atoms with Gasteiger partial charge >= 0.3 is 0 Å². The molecule has 1 aromatic rings. The minimum absolute atomic E-state index is 0.258. The summed E-state index contributed by atoms with van der Waals surface area (Å²) in [5, 5.41) is 8.57. The standard InChI is InChI=1S/C10H12F2O3S/c1-2-16(14,15)9-6-4-3-5-8(9)10(11,12)7-13/h3-6,13H,2,7H2,1H3. The van der Waals surface area contributed by atoms with Crippen molar-refractivity contribution < 1.29 is 22.3 Å². The summed E-state index contributed by atoms with van der Waals surface area (Å²) in [6, 6.07) is 4.82. The molecular formula is C10H12F2O3S. The van der Waals surface area contributed by atoms with Gasteiger partial charge in [-0.05, 0) is 6.07 Å². The minimum atomic E-state index is -3.71. The summed E-state index contributed by atoms with van der Waals surface area (Å²) in [5.74, 6) is -3.80. The fourth-order valence-corrected chi connectivity index (χ4v) is 2.43. The van der Waals surface area contributed by atoms with E-state index in [4.69, 9.17) is 5.11 Å². The Kier molecular flexibility index (Phi) is 3.64. The first kappa shape index (κ1) is 13.1. The summed E-state index contributed by atoms with van der Waals surface area (Å²) in [5.41, 5.74) is -0.653. The van der Waals surface area contributed by atoms with Gasteiger partial charge in [-0.2, -0.15) is 8.78 Å². The Balaban J connectivity index is 3.44. The van der Waals surface area contributed by atoms with Crippen LogP contribution in [0.5, 0.6) is 0 Å². The number of hydrogen-bond donors (Lipinski definition) is 1. The van der Waals surface area contributed by atoms with E-state index in [1.54, 1.807) is 0 Å². The van der Waals surface area contributed by atoms with Gasteiger partial charge in [-0.25, -0.2) is 8.42 Å². The third kappa shape index (κ3) is 2.38. The number of sulfone groups is 1. The molecule has 1 aromatic carbocycles. The molecule has 0 spiro atoms. The second-order valence-electron chi connectivity index (χ2n) is 3.26. The molecule has 1 rings (SSSR count). The summed E-state index contributed by atoms with van der Waals surface area (Å²) in [7, 11) is -3.71. The molecule has 3 nitrogen and oxygen atoms in total. The Bertz CT molecular complexity index is 469. The van der Waals surface area contributed by atoms with E-state index in [0.717, 1.165) is 12.1 Å². The van der Waals surface area contributed by atoms with Crippen LogP contribution in [0.4, 0.5) is 8.78 Å². The van der Waals surface area contributed by atoms with Gasteiger partial charge in [-0.1, -0.05) is 25.1 Å². The molecule has 0 aliphatic heterocycles. The van der Waals surface area contributed by atoms with Crippen molar-refractivity contribution in [3.8, 4) is 0 Å². The molecule has 0 saturated heterocycles. The summed E-state index contributed by atoms with van der Waals surface area (Å²) in [6.07, 6.45) is 0. The predicted octanol–water partition coefficient (Wildman–Crippen LogP) is 1.56. The van der Waals surface area contributed by atoms with Crippen LogP contribution in [-0.4, -0.2) is 25.9 Å². The minimum Gasteiger partial charge on any atom is -0.390 e. The Morgan fingerprint density at radius 2 is 1.88 bits per heavy atom. The van der Waals surface area contributed by atoms with Crippen LogP contribution in [0.25, 0.3) is 0 Å². The third-order valence-corrected chi connectivity index (χ3v) is 3.98. The number of aliphatic hydroxyl groups excluding tert-OH is 1. The fraction of sp³-hybridized carbons (Fsp3) is 0.400. The van der Waals surface area contributed by atoms with E-state index in [0.29, 0.717) is 0 Å². The van der Waals surface area contributed by atoms with Crippen LogP contribution in [0.2, 0.25) is 0 Å². The lowest BCUT2D eigenvalue weighted by Crippen LogP contribution is -2.22. The molecular weight excluding hydrogens is 238 g/mol. The molecule has 0 aliphatic carbocycles. The van der Waals surface area contributed by atoms with Crippen molar-refractivity contribution in [3.05, 3.63) is 29.8 Å². The van der Waals surface area contributed by atoms with E-state index in [-0.39, 0.29) is 5.75 Å². The zero-order valence-corrected chi connectivity index (χ0v) is 9.47. The second-order valence-corrected chi connectivity index (χ2v) is 5.51. The summed E-state index contributed by atoms with van der Waals surface area (Å²) in [4.78, 5) is -0.420. The molecule has 0 aromatic heterocycles. The molecule has 0 saturated carbocycles. The monoisotopic (exact) mass is 250 g/mol. The van der Waals surface area contributed by atoms with Crippen molar-refractivity contribution >= 4 is 9.84 Å². The molecule has 0 aliphatic rings. The van der Waals surface area contributed by atoms with Gasteiger partial charge in [0.05, 0.1) is 10.6 Å². The first-order chi connectivity index (χ1) is 7.35. The molecule has 0 heterocycles. The number of benzene rings is 1. The third-order valence-electron chi connectivity index (χ3n) is 2.19. The zero-order valence-electron chi connectivity index (χ0n) is 8.65. The molecule has 0 amide bonds. The molecule has 0 bridgehead atoms. The maximum atomic E-state index is 13.3. The summed E-state index contributed by atoms with van der Waals surface area (Å²) in [6.45, 7) is -0.0353. The van der Waals surface area contributed by atoms with E-state index < -0.39 is 32.8 Å². The normalized spacial score (nSPS) is 12.8. The van der Waals surface area contributed by atoms with Gasteiger partial charge in [-0.15, -0.1) is 0 Å². The van der Waals surface area contributed by atoms with Crippen LogP contribution in [0.1, 0.15) is 12.5 Å². The van der Waals surface area contributed by atoms with Gasteiger partial charge in [0.15, 0.2) is 9.84 Å². The highest BCUT2D eigenvalue weighted by molar-refractivity contribution is 7.91. The van der Waals surface area contributed by atoms with Gasteiger partial charge in [0.2, 0.25) is 0 Å². The maximum Gasteiger partial charge on any atom is 0.297 e. The van der Waals surface area contributed by atoms with E-state index in [1.807, 2.05) is 0 Å². The Morgan fingerprint density at radius 3 is 2.38 bits per heavy atom. The van der Waals surface area contributed by atoms with Crippen LogP contribution in [-0.2, 0) is 15.8 Å². The molecule has 6 heteroatoms. The van der Waals surface area contributed by atoms with Crippen LogP contribution in [0, 0.1) is 0 Å². The summed E-state index contributed by atoms with van der Waals surface area (Å²) < 4.78 is 49.7. The number of halogens is 2. The molecule has 0 fully saturated rings. The average Bonchev–Trinajstić information content (AvgIpc) is 2.29. The molecule has 16 heavy (non-hydrogen) atoms. The number of hydrogen-bond acceptors (Lipinski definition) is 3. The highest BCUT2D eigenvalue weighted by atomic mass is 32.2. The number of aliphatic hydroxyl groups is 1. The van der Waals surface area contributed by atoms with Gasteiger partial charge < -0.3 is 5.11 Å². The van der Waals surface area contributed by atoms with Crippen LogP contribution in [0.15, 0.2) is 29.2 Å². The highest BCUT2D eigenvalue weighted by Crippen LogP contribution is 2.32. The second kappa shape index (κ2) is 4.47. The van der Waals surface area contributed by atoms with Crippen molar-refractivity contribution in [3.63, 3.8) is 0 Å². The molecule has 0 radical (unpaired) electrons. The van der Waals surface area contributed by atoms with E-state index in [2.05, 4.69) is 0 Å². The van der Waals surface area contributed by atoms with Crippen LogP contribution in [0.3, 0.4) is 0 Å². The van der Waals surface area contributed by atoms with E-state index >= 15 is 0 Å². The van der Waals surface area contributed by atoms with Crippen LogP contribution >= 0.6 is 0 Å². The van der Waals surface area contributed by atoms with Crippen molar-refractivity contribution in [1.29, 1.82) is 0 Å². The lowest BCUT2D eigenvalue weighted by atomic mass is 10.1. The molecule has 1 N–H and O–H groups in total. The quantitative estimate of drug-likeness (QED) is 0.882. The Hall–Kier alpha value is -1.01. The van der Waals surface area contributed by atoms with Crippen molar-refractivity contribution in [2.24, 2.45) is 0 Å². The maximum absolute atomic E-state index is 13.3. The highest BCUT2D eigenvalue weighted by Gasteiger charge is 2.35. The van der Waals surface area contributed by atoms with Crippen molar-refractivity contribution in [2.45, 2.75) is 17.7 Å². The first-order valence-electron chi connectivity index (χ1n) is 4.66. The van der Waals surface area contributed by atoms with Crippen LogP contribution < -0.4 is 0 Å². The topological polar surface area (TPSA) is 54.4 Å². The summed E-state index contributed by atoms with van der Waals surface area (Å²) >= 11 is 0. The molecule has 0 atom stereocenters. The van der Waals surface area contributed by atoms with Gasteiger partial charge in [0.25, 0.3) is 5.92 Å². The fourth-order valence-electron chi connectivity index (χ4n) is 1.28. The average molecular weight is 250 g/mol. The van der Waals surface area contributed by atoms with Gasteiger partial charge in [0, 0.05) is 5.56 Å². The lowest BCUT2D eigenvalue weighted by Gasteiger charge is -2.17. The van der Waals surface area contributed by atoms with Gasteiger partial charge in [-0.3, -0.25) is 0 Å². The predicted molar refractivity (Wildman–Crippen MR) is 55.1 cm³/mol.